The van der Waals surface area contributed by atoms with Crippen LogP contribution >= 0.6 is 0 Å². The summed E-state index contributed by atoms with van der Waals surface area (Å²) >= 11 is 0. The van der Waals surface area contributed by atoms with Crippen LogP contribution in [-0.2, 0) is 4.79 Å². The molecule has 0 aliphatic heterocycles. The summed E-state index contributed by atoms with van der Waals surface area (Å²) in [4.78, 5) is 11.4. The second-order valence-corrected chi connectivity index (χ2v) is 4.50. The summed E-state index contributed by atoms with van der Waals surface area (Å²) in [6, 6.07) is 5.62. The van der Waals surface area contributed by atoms with Crippen molar-refractivity contribution in [2.75, 3.05) is 13.2 Å². The number of aryl methyl sites for hydroxylation is 1. The van der Waals surface area contributed by atoms with E-state index in [1.807, 2.05) is 26.0 Å². The molecule has 112 valence electrons. The van der Waals surface area contributed by atoms with Crippen molar-refractivity contribution >= 4 is 5.91 Å². The zero-order chi connectivity index (χ0) is 15.1. The van der Waals surface area contributed by atoms with Crippen molar-refractivity contribution in [3.8, 4) is 5.75 Å². The molecular weight excluding hydrogens is 268 g/mol. The molecule has 0 aliphatic carbocycles. The average molecular weight is 287 g/mol. The summed E-state index contributed by atoms with van der Waals surface area (Å²) in [5.41, 5.74) is 2.09. The molecule has 1 rings (SSSR count). The van der Waals surface area contributed by atoms with Crippen LogP contribution in [0.2, 0.25) is 0 Å². The Bertz CT molecular complexity index is 452. The molecule has 0 radical (unpaired) electrons. The first-order valence-electron chi connectivity index (χ1n) is 6.33. The van der Waals surface area contributed by atoms with Crippen molar-refractivity contribution in [1.82, 2.24) is 5.32 Å². The molecule has 1 unspecified atom stereocenters. The van der Waals surface area contributed by atoms with Gasteiger partial charge in [-0.1, -0.05) is 12.1 Å². The maximum absolute atomic E-state index is 12.0. The van der Waals surface area contributed by atoms with E-state index >= 15 is 0 Å². The fraction of sp³-hybridized carbons (Fsp3) is 0.500. The highest BCUT2D eigenvalue weighted by molar-refractivity contribution is 5.76. The Morgan fingerprint density at radius 1 is 1.40 bits per heavy atom. The number of carbonyl (C=O) groups is 1. The van der Waals surface area contributed by atoms with Gasteiger partial charge in [0.15, 0.2) is 0 Å². The van der Waals surface area contributed by atoms with E-state index in [2.05, 4.69) is 5.32 Å². The Morgan fingerprint density at radius 3 is 2.75 bits per heavy atom. The van der Waals surface area contributed by atoms with Crippen LogP contribution in [0.1, 0.15) is 17.5 Å². The topological polar surface area (TPSA) is 58.6 Å². The SMILES string of the molecule is Cc1cccc(OCCC(=O)NCC(O)C(F)F)c1C. The van der Waals surface area contributed by atoms with Gasteiger partial charge in [-0.25, -0.2) is 8.78 Å². The fourth-order valence-electron chi connectivity index (χ4n) is 1.53. The van der Waals surface area contributed by atoms with Gasteiger partial charge >= 0.3 is 0 Å². The van der Waals surface area contributed by atoms with Crippen LogP contribution in [-0.4, -0.2) is 36.7 Å². The molecular formula is C14H19F2NO3. The zero-order valence-electron chi connectivity index (χ0n) is 11.5. The number of hydrogen-bond acceptors (Lipinski definition) is 3. The van der Waals surface area contributed by atoms with Crippen LogP contribution in [0.15, 0.2) is 18.2 Å². The highest BCUT2D eigenvalue weighted by Gasteiger charge is 2.17. The standard InChI is InChI=1S/C14H19F2NO3/c1-9-4-3-5-12(10(9)2)20-7-6-13(19)17-8-11(18)14(15)16/h3-5,11,14,18H,6-8H2,1-2H3,(H,17,19). The van der Waals surface area contributed by atoms with E-state index in [-0.39, 0.29) is 13.0 Å². The molecule has 6 heteroatoms. The lowest BCUT2D eigenvalue weighted by Crippen LogP contribution is -2.36. The molecule has 0 spiro atoms. The average Bonchev–Trinajstić information content (AvgIpc) is 2.40. The molecule has 0 aromatic heterocycles. The number of carbonyl (C=O) groups excluding carboxylic acids is 1. The van der Waals surface area contributed by atoms with Crippen molar-refractivity contribution in [3.63, 3.8) is 0 Å². The number of rotatable bonds is 7. The predicted octanol–water partition coefficient (Wildman–Crippen LogP) is 1.81. The first-order valence-corrected chi connectivity index (χ1v) is 6.33. The molecule has 2 N–H and O–H groups in total. The van der Waals surface area contributed by atoms with Crippen molar-refractivity contribution in [1.29, 1.82) is 0 Å². The van der Waals surface area contributed by atoms with Crippen LogP contribution in [0.25, 0.3) is 0 Å². The van der Waals surface area contributed by atoms with Crippen LogP contribution in [0.5, 0.6) is 5.75 Å². The number of halogens is 2. The van der Waals surface area contributed by atoms with Gasteiger partial charge in [-0.2, -0.15) is 0 Å². The second kappa shape index (κ2) is 7.79. The maximum atomic E-state index is 12.0. The lowest BCUT2D eigenvalue weighted by molar-refractivity contribution is -0.122. The Morgan fingerprint density at radius 2 is 2.10 bits per heavy atom. The number of alkyl halides is 2. The van der Waals surface area contributed by atoms with Crippen LogP contribution in [0.3, 0.4) is 0 Å². The van der Waals surface area contributed by atoms with Crippen molar-refractivity contribution in [2.45, 2.75) is 32.8 Å². The molecule has 0 saturated heterocycles. The van der Waals surface area contributed by atoms with Gasteiger partial charge in [0.2, 0.25) is 5.91 Å². The lowest BCUT2D eigenvalue weighted by atomic mass is 10.1. The third-order valence-electron chi connectivity index (χ3n) is 2.94. The second-order valence-electron chi connectivity index (χ2n) is 4.50. The summed E-state index contributed by atoms with van der Waals surface area (Å²) in [5.74, 6) is 0.264. The summed E-state index contributed by atoms with van der Waals surface area (Å²) in [5, 5.41) is 11.1. The van der Waals surface area contributed by atoms with E-state index in [0.29, 0.717) is 5.75 Å². The smallest absolute Gasteiger partial charge is 0.265 e. The number of hydrogen-bond donors (Lipinski definition) is 2. The molecule has 1 aromatic carbocycles. The molecule has 0 bridgehead atoms. The molecule has 20 heavy (non-hydrogen) atoms. The van der Waals surface area contributed by atoms with Crippen molar-refractivity contribution in [3.05, 3.63) is 29.3 Å². The molecule has 0 aliphatic rings. The third kappa shape index (κ3) is 5.13. The fourth-order valence-corrected chi connectivity index (χ4v) is 1.53. The molecule has 1 amide bonds. The van der Waals surface area contributed by atoms with E-state index in [1.165, 1.54) is 0 Å². The number of ether oxygens (including phenoxy) is 1. The molecule has 1 aromatic rings. The Hall–Kier alpha value is -1.69. The minimum Gasteiger partial charge on any atom is -0.493 e. The number of amides is 1. The van der Waals surface area contributed by atoms with Gasteiger partial charge in [0.05, 0.1) is 13.0 Å². The van der Waals surface area contributed by atoms with E-state index in [0.717, 1.165) is 11.1 Å². The highest BCUT2D eigenvalue weighted by atomic mass is 19.3. The van der Waals surface area contributed by atoms with Gasteiger partial charge < -0.3 is 15.2 Å². The molecule has 0 fully saturated rings. The van der Waals surface area contributed by atoms with E-state index in [4.69, 9.17) is 9.84 Å². The lowest BCUT2D eigenvalue weighted by Gasteiger charge is -2.12. The summed E-state index contributed by atoms with van der Waals surface area (Å²) < 4.78 is 29.5. The Kier molecular flexibility index (Phi) is 6.38. The number of aliphatic hydroxyl groups excluding tert-OH is 1. The Labute approximate surface area is 116 Å². The highest BCUT2D eigenvalue weighted by Crippen LogP contribution is 2.20. The van der Waals surface area contributed by atoms with Crippen molar-refractivity contribution < 1.29 is 23.4 Å². The predicted molar refractivity (Wildman–Crippen MR) is 71.0 cm³/mol. The minimum absolute atomic E-state index is 0.0450. The monoisotopic (exact) mass is 287 g/mol. The van der Waals surface area contributed by atoms with Gasteiger partial charge in [-0.3, -0.25) is 4.79 Å². The van der Waals surface area contributed by atoms with Gasteiger partial charge in [-0.05, 0) is 31.0 Å². The Balaban J connectivity index is 2.30. The molecule has 0 saturated carbocycles. The first kappa shape index (κ1) is 16.4. The quantitative estimate of drug-likeness (QED) is 0.804. The summed E-state index contributed by atoms with van der Waals surface area (Å²) in [6.45, 7) is 3.57. The van der Waals surface area contributed by atoms with E-state index < -0.39 is 25.0 Å². The molecule has 1 atom stereocenters. The maximum Gasteiger partial charge on any atom is 0.265 e. The summed E-state index contributed by atoms with van der Waals surface area (Å²) in [6.07, 6.45) is -4.65. The van der Waals surface area contributed by atoms with Gasteiger partial charge in [0, 0.05) is 6.54 Å². The van der Waals surface area contributed by atoms with Crippen LogP contribution in [0, 0.1) is 13.8 Å². The van der Waals surface area contributed by atoms with Crippen molar-refractivity contribution in [2.24, 2.45) is 0 Å². The first-order chi connectivity index (χ1) is 9.41. The third-order valence-corrected chi connectivity index (χ3v) is 2.94. The largest absolute Gasteiger partial charge is 0.493 e. The minimum atomic E-state index is -2.86. The molecule has 4 nitrogen and oxygen atoms in total. The molecule has 0 heterocycles. The van der Waals surface area contributed by atoms with Crippen LogP contribution in [0.4, 0.5) is 8.78 Å². The van der Waals surface area contributed by atoms with E-state index in [1.54, 1.807) is 6.07 Å². The number of benzene rings is 1. The van der Waals surface area contributed by atoms with Gasteiger partial charge in [0.1, 0.15) is 11.9 Å². The zero-order valence-corrected chi connectivity index (χ0v) is 11.5. The number of aliphatic hydroxyl groups is 1. The number of nitrogens with one attached hydrogen (secondary N) is 1. The van der Waals surface area contributed by atoms with E-state index in [9.17, 15) is 13.6 Å². The normalized spacial score (nSPS) is 12.3. The summed E-state index contributed by atoms with van der Waals surface area (Å²) in [7, 11) is 0. The van der Waals surface area contributed by atoms with Gasteiger partial charge in [-0.15, -0.1) is 0 Å². The van der Waals surface area contributed by atoms with Crippen LogP contribution < -0.4 is 10.1 Å². The van der Waals surface area contributed by atoms with Gasteiger partial charge in [0.25, 0.3) is 6.43 Å².